The molecule has 2 aromatic rings. The van der Waals surface area contributed by atoms with E-state index in [4.69, 9.17) is 9.84 Å². The predicted octanol–water partition coefficient (Wildman–Crippen LogP) is 1.72. The smallest absolute Gasteiger partial charge is 0.144 e. The summed E-state index contributed by atoms with van der Waals surface area (Å²) >= 11 is 0. The molecule has 0 radical (unpaired) electrons. The third kappa shape index (κ3) is 2.17. The number of nitrogens with zero attached hydrogens (tertiary/aromatic N) is 2. The Bertz CT molecular complexity index is 506. The maximum absolute atomic E-state index is 8.96. The van der Waals surface area contributed by atoms with Crippen LogP contribution in [-0.2, 0) is 6.42 Å². The van der Waals surface area contributed by atoms with E-state index >= 15 is 0 Å². The normalized spacial score (nSPS) is 10.5. The highest BCUT2D eigenvalue weighted by atomic mass is 16.5. The van der Waals surface area contributed by atoms with Crippen LogP contribution in [0.25, 0.3) is 5.69 Å². The summed E-state index contributed by atoms with van der Waals surface area (Å²) in [6.07, 6.45) is 2.42. The molecule has 0 spiro atoms. The van der Waals surface area contributed by atoms with E-state index in [2.05, 4.69) is 5.10 Å². The number of hydrogen-bond donors (Lipinski definition) is 1. The topological polar surface area (TPSA) is 47.3 Å². The minimum absolute atomic E-state index is 0.137. The second-order valence-electron chi connectivity index (χ2n) is 3.81. The maximum atomic E-state index is 8.96. The lowest BCUT2D eigenvalue weighted by Crippen LogP contribution is -2.02. The van der Waals surface area contributed by atoms with Gasteiger partial charge in [0.1, 0.15) is 11.4 Å². The summed E-state index contributed by atoms with van der Waals surface area (Å²) in [5.41, 5.74) is 3.00. The van der Waals surface area contributed by atoms with Gasteiger partial charge in [-0.1, -0.05) is 12.1 Å². The van der Waals surface area contributed by atoms with E-state index in [0.29, 0.717) is 6.42 Å². The van der Waals surface area contributed by atoms with Gasteiger partial charge in [0.25, 0.3) is 0 Å². The van der Waals surface area contributed by atoms with Gasteiger partial charge < -0.3 is 9.84 Å². The van der Waals surface area contributed by atoms with E-state index in [9.17, 15) is 0 Å². The van der Waals surface area contributed by atoms with E-state index < -0.39 is 0 Å². The SMILES string of the molecule is COc1ccccc1-n1ncc(CCO)c1C. The van der Waals surface area contributed by atoms with Crippen molar-refractivity contribution in [3.8, 4) is 11.4 Å². The molecule has 17 heavy (non-hydrogen) atoms. The molecule has 0 aliphatic rings. The summed E-state index contributed by atoms with van der Waals surface area (Å²) in [6.45, 7) is 2.13. The molecule has 4 nitrogen and oxygen atoms in total. The lowest BCUT2D eigenvalue weighted by molar-refractivity contribution is 0.299. The Hall–Kier alpha value is -1.81. The third-order valence-electron chi connectivity index (χ3n) is 2.81. The van der Waals surface area contributed by atoms with E-state index in [1.807, 2.05) is 35.9 Å². The molecule has 1 N–H and O–H groups in total. The van der Waals surface area contributed by atoms with Crippen LogP contribution in [-0.4, -0.2) is 28.6 Å². The molecule has 0 bridgehead atoms. The molecule has 0 saturated carbocycles. The van der Waals surface area contributed by atoms with Gasteiger partial charge in [0.2, 0.25) is 0 Å². The molecule has 1 heterocycles. The molecule has 0 amide bonds. The van der Waals surface area contributed by atoms with Gasteiger partial charge >= 0.3 is 0 Å². The number of hydrogen-bond acceptors (Lipinski definition) is 3. The van der Waals surface area contributed by atoms with Crippen molar-refractivity contribution in [3.05, 3.63) is 41.7 Å². The largest absolute Gasteiger partial charge is 0.494 e. The van der Waals surface area contributed by atoms with E-state index in [1.165, 1.54) is 0 Å². The first-order valence-electron chi connectivity index (χ1n) is 5.55. The quantitative estimate of drug-likeness (QED) is 0.873. The van der Waals surface area contributed by atoms with Crippen molar-refractivity contribution in [2.75, 3.05) is 13.7 Å². The summed E-state index contributed by atoms with van der Waals surface area (Å²) < 4.78 is 7.15. The van der Waals surface area contributed by atoms with E-state index in [1.54, 1.807) is 13.3 Å². The molecule has 1 aromatic heterocycles. The van der Waals surface area contributed by atoms with Crippen LogP contribution in [0.3, 0.4) is 0 Å². The molecule has 0 aliphatic heterocycles. The fourth-order valence-corrected chi connectivity index (χ4v) is 1.86. The number of aromatic nitrogens is 2. The summed E-state index contributed by atoms with van der Waals surface area (Å²) in [5.74, 6) is 0.786. The van der Waals surface area contributed by atoms with Crippen molar-refractivity contribution in [2.45, 2.75) is 13.3 Å². The van der Waals surface area contributed by atoms with Crippen molar-refractivity contribution in [2.24, 2.45) is 0 Å². The zero-order valence-electron chi connectivity index (χ0n) is 10.1. The van der Waals surface area contributed by atoms with Crippen molar-refractivity contribution < 1.29 is 9.84 Å². The Morgan fingerprint density at radius 1 is 1.35 bits per heavy atom. The van der Waals surface area contributed by atoms with Crippen molar-refractivity contribution in [1.82, 2.24) is 9.78 Å². The van der Waals surface area contributed by atoms with Crippen LogP contribution >= 0.6 is 0 Å². The monoisotopic (exact) mass is 232 g/mol. The first kappa shape index (κ1) is 11.7. The second-order valence-corrected chi connectivity index (χ2v) is 3.81. The van der Waals surface area contributed by atoms with Crippen LogP contribution < -0.4 is 4.74 Å². The fraction of sp³-hybridized carbons (Fsp3) is 0.308. The summed E-state index contributed by atoms with van der Waals surface area (Å²) in [7, 11) is 1.65. The van der Waals surface area contributed by atoms with Gasteiger partial charge in [-0.3, -0.25) is 0 Å². The highest BCUT2D eigenvalue weighted by Crippen LogP contribution is 2.23. The molecule has 0 aliphatic carbocycles. The number of methoxy groups -OCH3 is 1. The van der Waals surface area contributed by atoms with Crippen molar-refractivity contribution >= 4 is 0 Å². The van der Waals surface area contributed by atoms with Gasteiger partial charge in [-0.2, -0.15) is 5.10 Å². The van der Waals surface area contributed by atoms with Crippen LogP contribution in [0.4, 0.5) is 0 Å². The highest BCUT2D eigenvalue weighted by Gasteiger charge is 2.10. The Balaban J connectivity index is 2.46. The van der Waals surface area contributed by atoms with Gasteiger partial charge in [0.15, 0.2) is 0 Å². The van der Waals surface area contributed by atoms with Crippen molar-refractivity contribution in [1.29, 1.82) is 0 Å². The van der Waals surface area contributed by atoms with Gasteiger partial charge in [-0.25, -0.2) is 4.68 Å². The minimum atomic E-state index is 0.137. The van der Waals surface area contributed by atoms with Crippen LogP contribution in [0.5, 0.6) is 5.75 Å². The number of ether oxygens (including phenoxy) is 1. The molecular weight excluding hydrogens is 216 g/mol. The van der Waals surface area contributed by atoms with Crippen LogP contribution in [0.15, 0.2) is 30.5 Å². The first-order valence-corrected chi connectivity index (χ1v) is 5.55. The molecule has 2 rings (SSSR count). The van der Waals surface area contributed by atoms with Crippen LogP contribution in [0.1, 0.15) is 11.3 Å². The summed E-state index contributed by atoms with van der Waals surface area (Å²) in [5, 5.41) is 13.3. The maximum Gasteiger partial charge on any atom is 0.144 e. The van der Waals surface area contributed by atoms with Crippen LogP contribution in [0.2, 0.25) is 0 Å². The molecule has 0 unspecified atom stereocenters. The van der Waals surface area contributed by atoms with E-state index in [-0.39, 0.29) is 6.61 Å². The molecule has 0 saturated heterocycles. The number of benzene rings is 1. The standard InChI is InChI=1S/C13H16N2O2/c1-10-11(7-8-16)9-14-15(10)12-5-3-4-6-13(12)17-2/h3-6,9,16H,7-8H2,1-2H3. The number of aliphatic hydroxyl groups is 1. The molecule has 4 heteroatoms. The Kier molecular flexibility index (Phi) is 3.44. The van der Waals surface area contributed by atoms with Gasteiger partial charge in [-0.15, -0.1) is 0 Å². The Morgan fingerprint density at radius 2 is 2.12 bits per heavy atom. The zero-order valence-corrected chi connectivity index (χ0v) is 10.1. The lowest BCUT2D eigenvalue weighted by Gasteiger charge is -2.10. The zero-order chi connectivity index (χ0) is 12.3. The fourth-order valence-electron chi connectivity index (χ4n) is 1.86. The minimum Gasteiger partial charge on any atom is -0.494 e. The van der Waals surface area contributed by atoms with E-state index in [0.717, 1.165) is 22.7 Å². The van der Waals surface area contributed by atoms with Gasteiger partial charge in [0.05, 0.1) is 13.3 Å². The molecule has 0 atom stereocenters. The van der Waals surface area contributed by atoms with Gasteiger partial charge in [0, 0.05) is 12.3 Å². The van der Waals surface area contributed by atoms with Gasteiger partial charge in [-0.05, 0) is 31.0 Å². The number of rotatable bonds is 4. The van der Waals surface area contributed by atoms with Crippen molar-refractivity contribution in [3.63, 3.8) is 0 Å². The molecule has 1 aromatic carbocycles. The summed E-state index contributed by atoms with van der Waals surface area (Å²) in [6, 6.07) is 7.74. The van der Waals surface area contributed by atoms with Crippen LogP contribution in [0, 0.1) is 6.92 Å². The molecule has 0 fully saturated rings. The predicted molar refractivity (Wildman–Crippen MR) is 65.6 cm³/mol. The second kappa shape index (κ2) is 5.01. The Morgan fingerprint density at radius 3 is 2.82 bits per heavy atom. The summed E-state index contributed by atoms with van der Waals surface area (Å²) in [4.78, 5) is 0. The molecular formula is C13H16N2O2. The lowest BCUT2D eigenvalue weighted by atomic mass is 10.2. The average Bonchev–Trinajstić information content (AvgIpc) is 2.72. The Labute approximate surface area is 100 Å². The third-order valence-corrected chi connectivity index (χ3v) is 2.81. The highest BCUT2D eigenvalue weighted by molar-refractivity contribution is 5.47. The first-order chi connectivity index (χ1) is 8.27. The number of aliphatic hydroxyl groups excluding tert-OH is 1. The average molecular weight is 232 g/mol. The number of para-hydroxylation sites is 2. The molecule has 90 valence electrons.